The van der Waals surface area contributed by atoms with Crippen LogP contribution in [-0.2, 0) is 11.3 Å². The lowest BCUT2D eigenvalue weighted by Crippen LogP contribution is -2.38. The fourth-order valence-electron chi connectivity index (χ4n) is 1.06. The second-order valence-electron chi connectivity index (χ2n) is 3.36. The SMILES string of the molecule is CC(NCc1cc(F)c(F)cc1F)C(N)=O. The van der Waals surface area contributed by atoms with Gasteiger partial charge in [-0.15, -0.1) is 0 Å². The van der Waals surface area contributed by atoms with E-state index in [0.29, 0.717) is 6.07 Å². The molecular weight excluding hydrogens is 221 g/mol. The third-order valence-electron chi connectivity index (χ3n) is 2.11. The van der Waals surface area contributed by atoms with Crippen molar-refractivity contribution in [3.63, 3.8) is 0 Å². The molecule has 88 valence electrons. The largest absolute Gasteiger partial charge is 0.368 e. The van der Waals surface area contributed by atoms with Crippen LogP contribution in [-0.4, -0.2) is 11.9 Å². The molecule has 0 spiro atoms. The van der Waals surface area contributed by atoms with Gasteiger partial charge in [-0.3, -0.25) is 4.79 Å². The van der Waals surface area contributed by atoms with Crippen LogP contribution in [0.5, 0.6) is 0 Å². The summed E-state index contributed by atoms with van der Waals surface area (Å²) in [6.45, 7) is 1.38. The number of halogens is 3. The van der Waals surface area contributed by atoms with Crippen LogP contribution in [0.1, 0.15) is 12.5 Å². The maximum absolute atomic E-state index is 13.1. The molecule has 0 heterocycles. The van der Waals surface area contributed by atoms with E-state index < -0.39 is 29.4 Å². The Morgan fingerprint density at radius 1 is 1.31 bits per heavy atom. The summed E-state index contributed by atoms with van der Waals surface area (Å²) in [6, 6.07) is 0.527. The third kappa shape index (κ3) is 2.96. The summed E-state index contributed by atoms with van der Waals surface area (Å²) in [4.78, 5) is 10.7. The van der Waals surface area contributed by atoms with Gasteiger partial charge in [0, 0.05) is 18.2 Å². The standard InChI is InChI=1S/C10H11F3N2O/c1-5(10(14)16)15-4-6-2-8(12)9(13)3-7(6)11/h2-3,5,15H,4H2,1H3,(H2,14,16). The molecule has 0 saturated carbocycles. The van der Waals surface area contributed by atoms with Gasteiger partial charge in [0.15, 0.2) is 11.6 Å². The van der Waals surface area contributed by atoms with E-state index in [1.165, 1.54) is 6.92 Å². The molecule has 0 aliphatic carbocycles. The molecule has 0 bridgehead atoms. The van der Waals surface area contributed by atoms with Crippen LogP contribution in [0.4, 0.5) is 13.2 Å². The van der Waals surface area contributed by atoms with Crippen LogP contribution in [0.25, 0.3) is 0 Å². The van der Waals surface area contributed by atoms with Gasteiger partial charge >= 0.3 is 0 Å². The first-order valence-corrected chi connectivity index (χ1v) is 4.58. The first-order chi connectivity index (χ1) is 7.41. The van der Waals surface area contributed by atoms with E-state index in [0.717, 1.165) is 6.07 Å². The molecule has 1 rings (SSSR count). The van der Waals surface area contributed by atoms with E-state index in [4.69, 9.17) is 5.73 Å². The number of carbonyl (C=O) groups is 1. The average Bonchev–Trinajstić information content (AvgIpc) is 2.20. The molecule has 0 radical (unpaired) electrons. The highest BCUT2D eigenvalue weighted by Gasteiger charge is 2.12. The first-order valence-electron chi connectivity index (χ1n) is 4.58. The van der Waals surface area contributed by atoms with Crippen LogP contribution in [0.2, 0.25) is 0 Å². The lowest BCUT2D eigenvalue weighted by Gasteiger charge is -2.10. The second kappa shape index (κ2) is 4.98. The molecule has 1 aromatic carbocycles. The van der Waals surface area contributed by atoms with Crippen molar-refractivity contribution in [2.75, 3.05) is 0 Å². The van der Waals surface area contributed by atoms with E-state index in [1.807, 2.05) is 0 Å². The molecule has 0 aromatic heterocycles. The van der Waals surface area contributed by atoms with Crippen molar-refractivity contribution in [2.24, 2.45) is 5.73 Å². The summed E-state index contributed by atoms with van der Waals surface area (Å²) in [5, 5.41) is 2.58. The highest BCUT2D eigenvalue weighted by Crippen LogP contribution is 2.13. The predicted molar refractivity (Wildman–Crippen MR) is 51.8 cm³/mol. The number of hydrogen-bond acceptors (Lipinski definition) is 2. The van der Waals surface area contributed by atoms with Crippen molar-refractivity contribution in [1.29, 1.82) is 0 Å². The van der Waals surface area contributed by atoms with Crippen LogP contribution in [0, 0.1) is 17.5 Å². The molecule has 16 heavy (non-hydrogen) atoms. The average molecular weight is 232 g/mol. The normalized spacial score (nSPS) is 12.5. The number of rotatable bonds is 4. The van der Waals surface area contributed by atoms with E-state index in [1.54, 1.807) is 0 Å². The molecule has 0 fully saturated rings. The number of nitrogens with two attached hydrogens (primary N) is 1. The first kappa shape index (κ1) is 12.5. The van der Waals surface area contributed by atoms with Gasteiger partial charge in [-0.05, 0) is 13.0 Å². The minimum Gasteiger partial charge on any atom is -0.368 e. The Bertz CT molecular complexity index is 409. The minimum atomic E-state index is -1.25. The minimum absolute atomic E-state index is 0.0630. The molecule has 0 aliphatic heterocycles. The molecule has 3 N–H and O–H groups in total. The summed E-state index contributed by atoms with van der Waals surface area (Å²) >= 11 is 0. The highest BCUT2D eigenvalue weighted by molar-refractivity contribution is 5.79. The van der Waals surface area contributed by atoms with Crippen molar-refractivity contribution >= 4 is 5.91 Å². The smallest absolute Gasteiger partial charge is 0.234 e. The quantitative estimate of drug-likeness (QED) is 0.763. The Balaban J connectivity index is 2.74. The lowest BCUT2D eigenvalue weighted by molar-refractivity contribution is -0.119. The summed E-state index contributed by atoms with van der Waals surface area (Å²) in [7, 11) is 0. The molecule has 0 saturated heterocycles. The van der Waals surface area contributed by atoms with Crippen LogP contribution < -0.4 is 11.1 Å². The van der Waals surface area contributed by atoms with Gasteiger partial charge < -0.3 is 11.1 Å². The zero-order valence-electron chi connectivity index (χ0n) is 8.56. The molecule has 0 aliphatic rings. The summed E-state index contributed by atoms with van der Waals surface area (Å²) in [5.41, 5.74) is 4.90. The van der Waals surface area contributed by atoms with E-state index in [-0.39, 0.29) is 12.1 Å². The van der Waals surface area contributed by atoms with Gasteiger partial charge in [-0.1, -0.05) is 0 Å². The summed E-state index contributed by atoms with van der Waals surface area (Å²) in [6.07, 6.45) is 0. The van der Waals surface area contributed by atoms with Gasteiger partial charge in [0.1, 0.15) is 5.82 Å². The topological polar surface area (TPSA) is 55.1 Å². The molecule has 1 aromatic rings. The molecular formula is C10H11F3N2O. The van der Waals surface area contributed by atoms with Crippen molar-refractivity contribution < 1.29 is 18.0 Å². The maximum atomic E-state index is 13.1. The highest BCUT2D eigenvalue weighted by atomic mass is 19.2. The maximum Gasteiger partial charge on any atom is 0.234 e. The Hall–Kier alpha value is -1.56. The van der Waals surface area contributed by atoms with Crippen molar-refractivity contribution in [3.8, 4) is 0 Å². The van der Waals surface area contributed by atoms with Crippen molar-refractivity contribution in [3.05, 3.63) is 35.1 Å². The molecule has 1 atom stereocenters. The van der Waals surface area contributed by atoms with E-state index >= 15 is 0 Å². The fraction of sp³-hybridized carbons (Fsp3) is 0.300. The Labute approximate surface area is 90.4 Å². The van der Waals surface area contributed by atoms with Gasteiger partial charge in [0.25, 0.3) is 0 Å². The van der Waals surface area contributed by atoms with Crippen LogP contribution in [0.15, 0.2) is 12.1 Å². The van der Waals surface area contributed by atoms with E-state index in [9.17, 15) is 18.0 Å². The number of amides is 1. The monoisotopic (exact) mass is 232 g/mol. The summed E-state index contributed by atoms with van der Waals surface area (Å²) in [5.74, 6) is -3.86. The number of nitrogens with one attached hydrogen (secondary N) is 1. The molecule has 1 amide bonds. The molecule has 3 nitrogen and oxygen atoms in total. The Morgan fingerprint density at radius 2 is 1.88 bits per heavy atom. The predicted octanol–water partition coefficient (Wildman–Crippen LogP) is 1.07. The van der Waals surface area contributed by atoms with Crippen molar-refractivity contribution in [1.82, 2.24) is 5.32 Å². The third-order valence-corrected chi connectivity index (χ3v) is 2.11. The van der Waals surface area contributed by atoms with Gasteiger partial charge in [0.2, 0.25) is 5.91 Å². The van der Waals surface area contributed by atoms with Crippen molar-refractivity contribution in [2.45, 2.75) is 19.5 Å². The zero-order valence-corrected chi connectivity index (χ0v) is 8.56. The Kier molecular flexibility index (Phi) is 3.89. The molecule has 1 unspecified atom stereocenters. The zero-order chi connectivity index (χ0) is 12.3. The molecule has 6 heteroatoms. The van der Waals surface area contributed by atoms with Crippen LogP contribution >= 0.6 is 0 Å². The van der Waals surface area contributed by atoms with Crippen LogP contribution in [0.3, 0.4) is 0 Å². The van der Waals surface area contributed by atoms with E-state index in [2.05, 4.69) is 5.32 Å². The number of carbonyl (C=O) groups excluding carboxylic acids is 1. The second-order valence-corrected chi connectivity index (χ2v) is 3.36. The number of primary amides is 1. The Morgan fingerprint density at radius 3 is 2.44 bits per heavy atom. The van der Waals surface area contributed by atoms with Gasteiger partial charge in [-0.2, -0.15) is 0 Å². The summed E-state index contributed by atoms with van der Waals surface area (Å²) < 4.78 is 38.5. The lowest BCUT2D eigenvalue weighted by atomic mass is 10.2. The van der Waals surface area contributed by atoms with Gasteiger partial charge in [-0.25, -0.2) is 13.2 Å². The number of benzene rings is 1. The fourth-order valence-corrected chi connectivity index (χ4v) is 1.06. The number of hydrogen-bond donors (Lipinski definition) is 2. The van der Waals surface area contributed by atoms with Gasteiger partial charge in [0.05, 0.1) is 6.04 Å².